The first-order valence-electron chi connectivity index (χ1n) is 6.53. The lowest BCUT2D eigenvalue weighted by atomic mass is 10.2. The highest BCUT2D eigenvalue weighted by molar-refractivity contribution is 14.0. The molecule has 0 spiro atoms. The average Bonchev–Trinajstić information content (AvgIpc) is 3.10. The van der Waals surface area contributed by atoms with Crippen LogP contribution in [0.25, 0.3) is 0 Å². The second-order valence-corrected chi connectivity index (χ2v) is 6.52. The Morgan fingerprint density at radius 3 is 2.95 bits per heavy atom. The summed E-state index contributed by atoms with van der Waals surface area (Å²) in [6.07, 6.45) is 9.59. The molecule has 0 bridgehead atoms. The third kappa shape index (κ3) is 6.45. The number of nitrogens with zero attached hydrogens (tertiary/aromatic N) is 2. The molecule has 0 saturated carbocycles. The van der Waals surface area contributed by atoms with Crippen LogP contribution in [-0.4, -0.2) is 36.3 Å². The summed E-state index contributed by atoms with van der Waals surface area (Å²) >= 11 is 3.52. The molecular formula is C13H21IN4S2. The maximum atomic E-state index is 4.25. The smallest absolute Gasteiger partial charge is 0.191 e. The fraction of sp³-hybridized carbons (Fsp3) is 0.538. The molecule has 0 unspecified atom stereocenters. The van der Waals surface area contributed by atoms with Crippen LogP contribution in [0.4, 0.5) is 0 Å². The van der Waals surface area contributed by atoms with Gasteiger partial charge in [0.2, 0.25) is 0 Å². The second-order valence-electron chi connectivity index (χ2n) is 4.28. The molecule has 1 heterocycles. The van der Waals surface area contributed by atoms with Crippen LogP contribution in [0.3, 0.4) is 0 Å². The molecule has 0 fully saturated rings. The molecule has 1 aliphatic carbocycles. The van der Waals surface area contributed by atoms with Gasteiger partial charge in [0.05, 0.1) is 0 Å². The van der Waals surface area contributed by atoms with Crippen LogP contribution in [0.15, 0.2) is 33.1 Å². The van der Waals surface area contributed by atoms with Crippen LogP contribution in [0.1, 0.15) is 19.3 Å². The van der Waals surface area contributed by atoms with E-state index in [1.165, 1.54) is 0 Å². The number of rotatable bonds is 6. The van der Waals surface area contributed by atoms with Gasteiger partial charge in [-0.25, -0.2) is 4.98 Å². The van der Waals surface area contributed by atoms with Crippen molar-refractivity contribution in [3.63, 3.8) is 0 Å². The van der Waals surface area contributed by atoms with Crippen molar-refractivity contribution in [1.82, 2.24) is 15.6 Å². The third-order valence-corrected chi connectivity index (χ3v) is 4.87. The lowest BCUT2D eigenvalue weighted by Crippen LogP contribution is -2.42. The van der Waals surface area contributed by atoms with Gasteiger partial charge in [-0.05, 0) is 19.3 Å². The largest absolute Gasteiger partial charge is 0.356 e. The fourth-order valence-corrected chi connectivity index (χ4v) is 3.49. The van der Waals surface area contributed by atoms with Gasteiger partial charge in [-0.3, -0.25) is 4.99 Å². The Morgan fingerprint density at radius 1 is 1.50 bits per heavy atom. The van der Waals surface area contributed by atoms with E-state index in [4.69, 9.17) is 0 Å². The summed E-state index contributed by atoms with van der Waals surface area (Å²) in [5.41, 5.74) is 0. The lowest BCUT2D eigenvalue weighted by molar-refractivity contribution is 0.632. The van der Waals surface area contributed by atoms with Gasteiger partial charge in [-0.1, -0.05) is 23.9 Å². The lowest BCUT2D eigenvalue weighted by Gasteiger charge is -2.16. The molecule has 112 valence electrons. The minimum Gasteiger partial charge on any atom is -0.356 e. The Bertz CT molecular complexity index is 412. The molecule has 1 aromatic heterocycles. The zero-order chi connectivity index (χ0) is 13.3. The SMILES string of the molecule is CN=C(NCCCSc1nccs1)NC1CC=CC1.I. The second kappa shape index (κ2) is 10.4. The van der Waals surface area contributed by atoms with Crippen molar-refractivity contribution in [2.24, 2.45) is 4.99 Å². The van der Waals surface area contributed by atoms with E-state index in [2.05, 4.69) is 32.8 Å². The highest BCUT2D eigenvalue weighted by Crippen LogP contribution is 2.20. The van der Waals surface area contributed by atoms with Crippen molar-refractivity contribution in [3.05, 3.63) is 23.7 Å². The quantitative estimate of drug-likeness (QED) is 0.184. The molecule has 0 aromatic carbocycles. The highest BCUT2D eigenvalue weighted by Gasteiger charge is 2.10. The number of hydrogen-bond donors (Lipinski definition) is 2. The maximum absolute atomic E-state index is 4.25. The third-order valence-electron chi connectivity index (χ3n) is 2.82. The van der Waals surface area contributed by atoms with Crippen LogP contribution >= 0.6 is 47.1 Å². The first-order chi connectivity index (χ1) is 9.38. The molecule has 1 aliphatic rings. The maximum Gasteiger partial charge on any atom is 0.191 e. The number of thioether (sulfide) groups is 1. The average molecular weight is 424 g/mol. The van der Waals surface area contributed by atoms with Gasteiger partial charge < -0.3 is 10.6 Å². The number of nitrogens with one attached hydrogen (secondary N) is 2. The van der Waals surface area contributed by atoms with Gasteiger partial charge >= 0.3 is 0 Å². The molecule has 0 amide bonds. The monoisotopic (exact) mass is 424 g/mol. The van der Waals surface area contributed by atoms with Crippen LogP contribution in [0.5, 0.6) is 0 Å². The normalized spacial score (nSPS) is 15.2. The van der Waals surface area contributed by atoms with Crippen LogP contribution in [-0.2, 0) is 0 Å². The fourth-order valence-electron chi connectivity index (χ4n) is 1.84. The Kier molecular flexibility index (Phi) is 9.28. The van der Waals surface area contributed by atoms with Crippen molar-refractivity contribution in [2.45, 2.75) is 29.6 Å². The predicted octanol–water partition coefficient (Wildman–Crippen LogP) is 3.13. The van der Waals surface area contributed by atoms with Gasteiger partial charge in [0.15, 0.2) is 5.96 Å². The minimum atomic E-state index is 0. The van der Waals surface area contributed by atoms with Gasteiger partial charge in [-0.15, -0.1) is 35.3 Å². The topological polar surface area (TPSA) is 49.3 Å². The first-order valence-corrected chi connectivity index (χ1v) is 8.39. The zero-order valence-corrected chi connectivity index (χ0v) is 15.5. The Labute approximate surface area is 146 Å². The summed E-state index contributed by atoms with van der Waals surface area (Å²) in [7, 11) is 1.82. The number of thiazole rings is 1. The Balaban J connectivity index is 0.00000200. The number of guanidine groups is 1. The number of aliphatic imine (C=N–C) groups is 1. The van der Waals surface area contributed by atoms with E-state index in [-0.39, 0.29) is 24.0 Å². The molecule has 0 saturated heterocycles. The highest BCUT2D eigenvalue weighted by atomic mass is 127. The zero-order valence-electron chi connectivity index (χ0n) is 11.5. The number of hydrogen-bond acceptors (Lipinski definition) is 4. The Morgan fingerprint density at radius 2 is 2.30 bits per heavy atom. The van der Waals surface area contributed by atoms with Gasteiger partial charge in [-0.2, -0.15) is 0 Å². The number of aromatic nitrogens is 1. The van der Waals surface area contributed by atoms with Crippen LogP contribution in [0, 0.1) is 0 Å². The van der Waals surface area contributed by atoms with E-state index in [1.54, 1.807) is 11.3 Å². The molecule has 4 nitrogen and oxygen atoms in total. The summed E-state index contributed by atoms with van der Waals surface area (Å²) < 4.78 is 1.15. The van der Waals surface area contributed by atoms with Crippen molar-refractivity contribution < 1.29 is 0 Å². The molecule has 2 rings (SSSR count). The molecule has 0 aliphatic heterocycles. The van der Waals surface area contributed by atoms with E-state index in [0.29, 0.717) is 6.04 Å². The van der Waals surface area contributed by atoms with Gasteiger partial charge in [0, 0.05) is 37.0 Å². The van der Waals surface area contributed by atoms with Crippen LogP contribution < -0.4 is 10.6 Å². The van der Waals surface area contributed by atoms with E-state index < -0.39 is 0 Å². The summed E-state index contributed by atoms with van der Waals surface area (Å²) in [6, 6.07) is 0.510. The van der Waals surface area contributed by atoms with Crippen molar-refractivity contribution in [1.29, 1.82) is 0 Å². The summed E-state index contributed by atoms with van der Waals surface area (Å²) in [6.45, 7) is 0.943. The number of halogens is 1. The Hall–Kier alpha value is -0.280. The van der Waals surface area contributed by atoms with Crippen molar-refractivity contribution in [2.75, 3.05) is 19.3 Å². The van der Waals surface area contributed by atoms with E-state index in [0.717, 1.165) is 41.9 Å². The van der Waals surface area contributed by atoms with E-state index >= 15 is 0 Å². The molecule has 1 aromatic rings. The van der Waals surface area contributed by atoms with Gasteiger partial charge in [0.25, 0.3) is 0 Å². The molecule has 0 atom stereocenters. The molecule has 7 heteroatoms. The minimum absolute atomic E-state index is 0. The standard InChI is InChI=1S/C13H20N4S2.HI/c1-14-12(17-11-5-2-3-6-11)15-7-4-9-18-13-16-8-10-19-13;/h2-3,8,10-11H,4-7,9H2,1H3,(H2,14,15,17);1H. The van der Waals surface area contributed by atoms with Gasteiger partial charge in [0.1, 0.15) is 4.34 Å². The first kappa shape index (κ1) is 17.8. The molecule has 0 radical (unpaired) electrons. The summed E-state index contributed by atoms with van der Waals surface area (Å²) in [4.78, 5) is 8.50. The summed E-state index contributed by atoms with van der Waals surface area (Å²) in [5, 5.41) is 8.80. The molecule has 20 heavy (non-hydrogen) atoms. The van der Waals surface area contributed by atoms with E-state index in [1.807, 2.05) is 30.4 Å². The molecule has 2 N–H and O–H groups in total. The van der Waals surface area contributed by atoms with Crippen LogP contribution in [0.2, 0.25) is 0 Å². The predicted molar refractivity (Wildman–Crippen MR) is 99.5 cm³/mol. The summed E-state index contributed by atoms with van der Waals surface area (Å²) in [5.74, 6) is 2.00. The van der Waals surface area contributed by atoms with Crippen molar-refractivity contribution in [3.8, 4) is 0 Å². The van der Waals surface area contributed by atoms with Crippen molar-refractivity contribution >= 4 is 53.0 Å². The molecular weight excluding hydrogens is 403 g/mol. The van der Waals surface area contributed by atoms with E-state index in [9.17, 15) is 0 Å².